The maximum atomic E-state index is 12.4. The molecule has 0 aromatic heterocycles. The number of carbonyl (C=O) groups is 1. The minimum absolute atomic E-state index is 0.0483. The molecule has 1 aliphatic heterocycles. The Kier molecular flexibility index (Phi) is 3.88. The number of amides is 1. The predicted octanol–water partition coefficient (Wildman–Crippen LogP) is 3.94. The van der Waals surface area contributed by atoms with Crippen molar-refractivity contribution < 1.29 is 4.79 Å². The van der Waals surface area contributed by atoms with Gasteiger partial charge in [0.15, 0.2) is 0 Å². The number of fused-ring (bicyclic) bond motifs is 1. The van der Waals surface area contributed by atoms with E-state index < -0.39 is 0 Å². The van der Waals surface area contributed by atoms with Gasteiger partial charge in [0.2, 0.25) is 0 Å². The third-order valence-corrected chi connectivity index (χ3v) is 4.20. The van der Waals surface area contributed by atoms with Crippen LogP contribution in [0.5, 0.6) is 0 Å². The molecule has 0 saturated heterocycles. The topological polar surface area (TPSA) is 32.3 Å². The van der Waals surface area contributed by atoms with Gasteiger partial charge in [-0.2, -0.15) is 0 Å². The van der Waals surface area contributed by atoms with Crippen LogP contribution in [0.3, 0.4) is 0 Å². The van der Waals surface area contributed by atoms with Gasteiger partial charge in [-0.3, -0.25) is 4.79 Å². The summed E-state index contributed by atoms with van der Waals surface area (Å²) in [5.41, 5.74) is 6.41. The van der Waals surface area contributed by atoms with E-state index in [2.05, 4.69) is 35.3 Å². The van der Waals surface area contributed by atoms with Crippen molar-refractivity contribution in [3.05, 3.63) is 58.7 Å². The number of nitrogens with one attached hydrogen (secondary N) is 1. The quantitative estimate of drug-likeness (QED) is 0.930. The first-order chi connectivity index (χ1) is 10.6. The van der Waals surface area contributed by atoms with E-state index in [0.29, 0.717) is 5.56 Å². The number of benzene rings is 2. The van der Waals surface area contributed by atoms with E-state index in [-0.39, 0.29) is 5.91 Å². The molecule has 3 rings (SSSR count). The lowest BCUT2D eigenvalue weighted by molar-refractivity contribution is 0.102. The van der Waals surface area contributed by atoms with Crippen molar-refractivity contribution in [3.63, 3.8) is 0 Å². The fourth-order valence-electron chi connectivity index (χ4n) is 3.16. The molecule has 2 aromatic carbocycles. The SMILES string of the molecule is CCN1CCc2ccc(NC(=O)c3cc(C)cc(C)c3)cc21. The van der Waals surface area contributed by atoms with E-state index in [1.807, 2.05) is 32.0 Å². The molecule has 0 unspecified atom stereocenters. The largest absolute Gasteiger partial charge is 0.371 e. The highest BCUT2D eigenvalue weighted by atomic mass is 16.1. The summed E-state index contributed by atoms with van der Waals surface area (Å²) in [5, 5.41) is 3.02. The molecule has 3 nitrogen and oxygen atoms in total. The second kappa shape index (κ2) is 5.84. The van der Waals surface area contributed by atoms with Crippen molar-refractivity contribution in [2.45, 2.75) is 27.2 Å². The van der Waals surface area contributed by atoms with E-state index in [9.17, 15) is 4.79 Å². The molecule has 114 valence electrons. The molecule has 0 saturated carbocycles. The molecule has 3 heteroatoms. The zero-order valence-electron chi connectivity index (χ0n) is 13.4. The molecule has 0 fully saturated rings. The zero-order valence-corrected chi connectivity index (χ0v) is 13.4. The van der Waals surface area contributed by atoms with E-state index in [0.717, 1.165) is 36.3 Å². The molecular formula is C19H22N2O. The van der Waals surface area contributed by atoms with Crippen LogP contribution in [-0.4, -0.2) is 19.0 Å². The molecule has 1 amide bonds. The van der Waals surface area contributed by atoms with Gasteiger partial charge in [-0.15, -0.1) is 0 Å². The molecule has 1 N–H and O–H groups in total. The molecule has 22 heavy (non-hydrogen) atoms. The monoisotopic (exact) mass is 294 g/mol. The Hall–Kier alpha value is -2.29. The molecule has 0 radical (unpaired) electrons. The van der Waals surface area contributed by atoms with Crippen LogP contribution in [0.15, 0.2) is 36.4 Å². The summed E-state index contributed by atoms with van der Waals surface area (Å²) >= 11 is 0. The van der Waals surface area contributed by atoms with Crippen molar-refractivity contribution in [2.24, 2.45) is 0 Å². The van der Waals surface area contributed by atoms with Gasteiger partial charge in [0.25, 0.3) is 5.91 Å². The maximum Gasteiger partial charge on any atom is 0.255 e. The number of nitrogens with zero attached hydrogens (tertiary/aromatic N) is 1. The third kappa shape index (κ3) is 2.84. The van der Waals surface area contributed by atoms with Gasteiger partial charge in [0.1, 0.15) is 0 Å². The van der Waals surface area contributed by atoms with Crippen LogP contribution >= 0.6 is 0 Å². The molecule has 2 aromatic rings. The molecule has 0 bridgehead atoms. The van der Waals surface area contributed by atoms with E-state index in [1.54, 1.807) is 0 Å². The predicted molar refractivity (Wildman–Crippen MR) is 91.9 cm³/mol. The smallest absolute Gasteiger partial charge is 0.255 e. The van der Waals surface area contributed by atoms with E-state index >= 15 is 0 Å². The zero-order chi connectivity index (χ0) is 15.7. The number of hydrogen-bond donors (Lipinski definition) is 1. The van der Waals surface area contributed by atoms with Gasteiger partial charge in [0.05, 0.1) is 0 Å². The summed E-state index contributed by atoms with van der Waals surface area (Å²) in [6, 6.07) is 12.1. The highest BCUT2D eigenvalue weighted by molar-refractivity contribution is 6.04. The number of hydrogen-bond acceptors (Lipinski definition) is 2. The first kappa shape index (κ1) is 14.6. The van der Waals surface area contributed by atoms with Gasteiger partial charge in [-0.1, -0.05) is 23.3 Å². The fourth-order valence-corrected chi connectivity index (χ4v) is 3.16. The highest BCUT2D eigenvalue weighted by Crippen LogP contribution is 2.30. The third-order valence-electron chi connectivity index (χ3n) is 4.20. The van der Waals surface area contributed by atoms with E-state index in [1.165, 1.54) is 11.3 Å². The lowest BCUT2D eigenvalue weighted by Crippen LogP contribution is -2.19. The Balaban J connectivity index is 1.83. The number of likely N-dealkylation sites (N-methyl/N-ethyl adjacent to an activating group) is 1. The first-order valence-corrected chi connectivity index (χ1v) is 7.84. The van der Waals surface area contributed by atoms with Crippen LogP contribution in [0.4, 0.5) is 11.4 Å². The highest BCUT2D eigenvalue weighted by Gasteiger charge is 2.18. The Morgan fingerprint density at radius 2 is 1.86 bits per heavy atom. The maximum absolute atomic E-state index is 12.4. The van der Waals surface area contributed by atoms with Crippen LogP contribution in [0.25, 0.3) is 0 Å². The minimum Gasteiger partial charge on any atom is -0.371 e. The van der Waals surface area contributed by atoms with Crippen molar-refractivity contribution in [1.82, 2.24) is 0 Å². The lowest BCUT2D eigenvalue weighted by atomic mass is 10.1. The lowest BCUT2D eigenvalue weighted by Gasteiger charge is -2.17. The van der Waals surface area contributed by atoms with Crippen LogP contribution in [0.2, 0.25) is 0 Å². The van der Waals surface area contributed by atoms with Gasteiger partial charge in [-0.25, -0.2) is 0 Å². The molecular weight excluding hydrogens is 272 g/mol. The Morgan fingerprint density at radius 3 is 2.55 bits per heavy atom. The van der Waals surface area contributed by atoms with Crippen LogP contribution in [0.1, 0.15) is 34.0 Å². The first-order valence-electron chi connectivity index (χ1n) is 7.84. The average Bonchev–Trinajstić information content (AvgIpc) is 2.88. The van der Waals surface area contributed by atoms with Crippen molar-refractivity contribution in [3.8, 4) is 0 Å². The number of carbonyl (C=O) groups excluding carboxylic acids is 1. The van der Waals surface area contributed by atoms with Crippen LogP contribution in [0, 0.1) is 13.8 Å². The second-order valence-electron chi connectivity index (χ2n) is 6.00. The summed E-state index contributed by atoms with van der Waals surface area (Å²) in [5.74, 6) is -0.0483. The summed E-state index contributed by atoms with van der Waals surface area (Å²) in [6.07, 6.45) is 1.09. The summed E-state index contributed by atoms with van der Waals surface area (Å²) in [6.45, 7) is 8.26. The molecule has 1 aliphatic rings. The standard InChI is InChI=1S/C19H22N2O/c1-4-21-8-7-15-5-6-17(12-18(15)21)20-19(22)16-10-13(2)9-14(3)11-16/h5-6,9-12H,4,7-8H2,1-3H3,(H,20,22). The Labute approximate surface area is 132 Å². The average molecular weight is 294 g/mol. The summed E-state index contributed by atoms with van der Waals surface area (Å²) in [4.78, 5) is 14.8. The van der Waals surface area contributed by atoms with Gasteiger partial charge in [-0.05, 0) is 57.0 Å². The van der Waals surface area contributed by atoms with Crippen LogP contribution < -0.4 is 10.2 Å². The van der Waals surface area contributed by atoms with Gasteiger partial charge in [0, 0.05) is 30.0 Å². The Bertz CT molecular complexity index is 701. The molecule has 0 spiro atoms. The molecule has 0 atom stereocenters. The van der Waals surface area contributed by atoms with Crippen molar-refractivity contribution in [1.29, 1.82) is 0 Å². The number of aryl methyl sites for hydroxylation is 2. The molecule has 0 aliphatic carbocycles. The molecule has 1 heterocycles. The Morgan fingerprint density at radius 1 is 1.14 bits per heavy atom. The van der Waals surface area contributed by atoms with E-state index in [4.69, 9.17) is 0 Å². The number of rotatable bonds is 3. The summed E-state index contributed by atoms with van der Waals surface area (Å²) in [7, 11) is 0. The van der Waals surface area contributed by atoms with Gasteiger partial charge >= 0.3 is 0 Å². The van der Waals surface area contributed by atoms with Crippen LogP contribution in [-0.2, 0) is 6.42 Å². The van der Waals surface area contributed by atoms with Crippen molar-refractivity contribution >= 4 is 17.3 Å². The fraction of sp³-hybridized carbons (Fsp3) is 0.316. The summed E-state index contributed by atoms with van der Waals surface area (Å²) < 4.78 is 0. The van der Waals surface area contributed by atoms with Crippen molar-refractivity contribution in [2.75, 3.05) is 23.3 Å². The number of anilines is 2. The normalized spacial score (nSPS) is 13.1. The second-order valence-corrected chi connectivity index (χ2v) is 6.00. The minimum atomic E-state index is -0.0483. The van der Waals surface area contributed by atoms with Gasteiger partial charge < -0.3 is 10.2 Å².